The van der Waals surface area contributed by atoms with E-state index in [1.165, 1.54) is 6.08 Å². The number of aryl methyl sites for hydroxylation is 1. The zero-order chi connectivity index (χ0) is 18.2. The summed E-state index contributed by atoms with van der Waals surface area (Å²) in [6, 6.07) is 5.78. The highest BCUT2D eigenvalue weighted by molar-refractivity contribution is 5.89. The number of carbonyl (C=O) groups is 2. The Labute approximate surface area is 147 Å². The Balaban J connectivity index is 1.94. The van der Waals surface area contributed by atoms with Crippen LogP contribution in [0.15, 0.2) is 35.0 Å². The van der Waals surface area contributed by atoms with Gasteiger partial charge in [0.1, 0.15) is 5.76 Å². The number of esters is 1. The van der Waals surface area contributed by atoms with Gasteiger partial charge < -0.3 is 19.0 Å². The molecule has 0 bridgehead atoms. The van der Waals surface area contributed by atoms with Crippen LogP contribution in [-0.2, 0) is 20.9 Å². The molecule has 6 nitrogen and oxygen atoms in total. The van der Waals surface area contributed by atoms with E-state index in [-0.39, 0.29) is 12.5 Å². The number of nitrogens with one attached hydrogen (secondary N) is 1. The van der Waals surface area contributed by atoms with Crippen LogP contribution in [0.1, 0.15) is 36.1 Å². The largest absolute Gasteiger partial charge is 0.467 e. The summed E-state index contributed by atoms with van der Waals surface area (Å²) in [5.74, 6) is 0.0394. The lowest BCUT2D eigenvalue weighted by Gasteiger charge is -2.07. The molecule has 0 spiro atoms. The molecule has 6 heteroatoms. The van der Waals surface area contributed by atoms with Crippen LogP contribution in [-0.4, -0.2) is 29.6 Å². The van der Waals surface area contributed by atoms with E-state index in [2.05, 4.69) is 9.88 Å². The zero-order valence-electron chi connectivity index (χ0n) is 14.9. The van der Waals surface area contributed by atoms with Gasteiger partial charge in [0.15, 0.2) is 6.61 Å². The number of ether oxygens (including phenoxy) is 1. The number of amides is 1. The second-order valence-corrected chi connectivity index (χ2v) is 5.78. The summed E-state index contributed by atoms with van der Waals surface area (Å²) in [6.07, 6.45) is 5.53. The van der Waals surface area contributed by atoms with Crippen molar-refractivity contribution in [2.75, 3.05) is 13.2 Å². The number of rotatable bonds is 8. The summed E-state index contributed by atoms with van der Waals surface area (Å²) in [5, 5.41) is 2.65. The smallest absolute Gasteiger partial charge is 0.331 e. The molecule has 0 unspecified atom stereocenters. The molecule has 134 valence electrons. The number of aromatic nitrogens is 1. The molecule has 2 aromatic heterocycles. The maximum atomic E-state index is 11.7. The third kappa shape index (κ3) is 5.38. The fourth-order valence-electron chi connectivity index (χ4n) is 2.46. The van der Waals surface area contributed by atoms with Gasteiger partial charge >= 0.3 is 5.97 Å². The van der Waals surface area contributed by atoms with E-state index in [1.807, 2.05) is 39.0 Å². The van der Waals surface area contributed by atoms with Crippen LogP contribution >= 0.6 is 0 Å². The van der Waals surface area contributed by atoms with E-state index in [0.29, 0.717) is 13.1 Å². The molecule has 0 aromatic carbocycles. The third-order valence-corrected chi connectivity index (χ3v) is 3.82. The summed E-state index contributed by atoms with van der Waals surface area (Å²) in [6.45, 7) is 6.90. The maximum absolute atomic E-state index is 11.7. The molecule has 2 rings (SSSR count). The summed E-state index contributed by atoms with van der Waals surface area (Å²) in [5.41, 5.74) is 3.02. The SMILES string of the molecule is CCCNC(=O)COC(=O)/C=C/c1cc(C)n(Cc2ccco2)c1C. The Morgan fingerprint density at radius 2 is 2.16 bits per heavy atom. The Morgan fingerprint density at radius 3 is 2.84 bits per heavy atom. The van der Waals surface area contributed by atoms with Crippen molar-refractivity contribution in [2.45, 2.75) is 33.7 Å². The molecule has 0 aliphatic carbocycles. The van der Waals surface area contributed by atoms with Gasteiger partial charge in [0, 0.05) is 24.0 Å². The normalized spacial score (nSPS) is 11.0. The molecule has 0 saturated heterocycles. The first-order valence-corrected chi connectivity index (χ1v) is 8.32. The van der Waals surface area contributed by atoms with Crippen LogP contribution in [0.4, 0.5) is 0 Å². The Kier molecular flexibility index (Phi) is 6.62. The molecule has 0 atom stereocenters. The van der Waals surface area contributed by atoms with Crippen molar-refractivity contribution >= 4 is 18.0 Å². The van der Waals surface area contributed by atoms with Crippen LogP contribution < -0.4 is 5.32 Å². The van der Waals surface area contributed by atoms with Gasteiger partial charge in [0.2, 0.25) is 0 Å². The van der Waals surface area contributed by atoms with E-state index in [1.54, 1.807) is 12.3 Å². The topological polar surface area (TPSA) is 73.5 Å². The van der Waals surface area contributed by atoms with Crippen LogP contribution in [0.25, 0.3) is 6.08 Å². The number of hydrogen-bond acceptors (Lipinski definition) is 4. The average molecular weight is 344 g/mol. The lowest BCUT2D eigenvalue weighted by molar-refractivity contribution is -0.143. The van der Waals surface area contributed by atoms with Crippen LogP contribution in [0.3, 0.4) is 0 Å². The molecule has 1 N–H and O–H groups in total. The quantitative estimate of drug-likeness (QED) is 0.590. The van der Waals surface area contributed by atoms with Gasteiger partial charge in [-0.3, -0.25) is 4.79 Å². The van der Waals surface area contributed by atoms with Crippen molar-refractivity contribution in [1.29, 1.82) is 0 Å². The van der Waals surface area contributed by atoms with Crippen molar-refractivity contribution in [2.24, 2.45) is 0 Å². The molecule has 25 heavy (non-hydrogen) atoms. The van der Waals surface area contributed by atoms with Crippen LogP contribution in [0.2, 0.25) is 0 Å². The first kappa shape index (κ1) is 18.6. The molecular weight excluding hydrogens is 320 g/mol. The molecule has 2 aromatic rings. The van der Waals surface area contributed by atoms with Crippen LogP contribution in [0.5, 0.6) is 0 Å². The molecular formula is C19H24N2O4. The van der Waals surface area contributed by atoms with E-state index in [9.17, 15) is 9.59 Å². The fraction of sp³-hybridized carbons (Fsp3) is 0.368. The van der Waals surface area contributed by atoms with Crippen molar-refractivity contribution < 1.29 is 18.7 Å². The molecule has 0 aliphatic heterocycles. The van der Waals surface area contributed by atoms with Gasteiger partial charge in [-0.1, -0.05) is 6.92 Å². The van der Waals surface area contributed by atoms with Gasteiger partial charge in [-0.05, 0) is 50.1 Å². The number of furan rings is 1. The average Bonchev–Trinajstić information content (AvgIpc) is 3.20. The zero-order valence-corrected chi connectivity index (χ0v) is 14.9. The van der Waals surface area contributed by atoms with Crippen molar-refractivity contribution in [3.8, 4) is 0 Å². The van der Waals surface area contributed by atoms with Gasteiger partial charge in [-0.25, -0.2) is 4.79 Å². The minimum atomic E-state index is -0.539. The standard InChI is InChI=1S/C19H24N2O4/c1-4-9-20-18(22)13-25-19(23)8-7-16-11-14(2)21(15(16)3)12-17-6-5-10-24-17/h5-8,10-11H,4,9,12-13H2,1-3H3,(H,20,22)/b8-7+. The van der Waals surface area contributed by atoms with E-state index in [0.717, 1.165) is 29.1 Å². The second-order valence-electron chi connectivity index (χ2n) is 5.78. The van der Waals surface area contributed by atoms with Gasteiger partial charge in [0.05, 0.1) is 12.8 Å². The van der Waals surface area contributed by atoms with Crippen molar-refractivity contribution in [1.82, 2.24) is 9.88 Å². The summed E-state index contributed by atoms with van der Waals surface area (Å²) in [7, 11) is 0. The number of hydrogen-bond donors (Lipinski definition) is 1. The van der Waals surface area contributed by atoms with Crippen molar-refractivity contribution in [3.05, 3.63) is 53.2 Å². The van der Waals surface area contributed by atoms with E-state index < -0.39 is 5.97 Å². The molecule has 0 radical (unpaired) electrons. The Morgan fingerprint density at radius 1 is 1.36 bits per heavy atom. The molecule has 1 amide bonds. The van der Waals surface area contributed by atoms with Gasteiger partial charge in [-0.15, -0.1) is 0 Å². The summed E-state index contributed by atoms with van der Waals surface area (Å²) in [4.78, 5) is 23.2. The first-order chi connectivity index (χ1) is 12.0. The molecule has 0 aliphatic rings. The van der Waals surface area contributed by atoms with Gasteiger partial charge in [0.25, 0.3) is 5.91 Å². The second kappa shape index (κ2) is 8.92. The van der Waals surface area contributed by atoms with Crippen LogP contribution in [0, 0.1) is 13.8 Å². The fourth-order valence-corrected chi connectivity index (χ4v) is 2.46. The summed E-state index contributed by atoms with van der Waals surface area (Å²) >= 11 is 0. The minimum Gasteiger partial charge on any atom is -0.467 e. The van der Waals surface area contributed by atoms with Crippen molar-refractivity contribution in [3.63, 3.8) is 0 Å². The van der Waals surface area contributed by atoms with E-state index in [4.69, 9.17) is 9.15 Å². The van der Waals surface area contributed by atoms with E-state index >= 15 is 0 Å². The Bertz CT molecular complexity index is 742. The summed E-state index contributed by atoms with van der Waals surface area (Å²) < 4.78 is 12.4. The first-order valence-electron chi connectivity index (χ1n) is 8.32. The maximum Gasteiger partial charge on any atom is 0.331 e. The predicted molar refractivity (Wildman–Crippen MR) is 95.0 cm³/mol. The number of carbonyl (C=O) groups excluding carboxylic acids is 2. The Hall–Kier alpha value is -2.76. The highest BCUT2D eigenvalue weighted by atomic mass is 16.5. The minimum absolute atomic E-state index is 0.263. The van der Waals surface area contributed by atoms with Gasteiger partial charge in [-0.2, -0.15) is 0 Å². The highest BCUT2D eigenvalue weighted by Gasteiger charge is 2.10. The lowest BCUT2D eigenvalue weighted by atomic mass is 10.2. The lowest BCUT2D eigenvalue weighted by Crippen LogP contribution is -2.28. The monoisotopic (exact) mass is 344 g/mol. The molecule has 0 fully saturated rings. The number of nitrogens with zero attached hydrogens (tertiary/aromatic N) is 1. The molecule has 0 saturated carbocycles. The molecule has 2 heterocycles. The third-order valence-electron chi connectivity index (χ3n) is 3.82. The highest BCUT2D eigenvalue weighted by Crippen LogP contribution is 2.18. The predicted octanol–water partition coefficient (Wildman–Crippen LogP) is 2.83.